The highest BCUT2D eigenvalue weighted by molar-refractivity contribution is 8.00. The Hall–Kier alpha value is -2.45. The van der Waals surface area contributed by atoms with E-state index in [1.165, 1.54) is 11.8 Å². The minimum atomic E-state index is -0.458. The van der Waals surface area contributed by atoms with E-state index in [1.807, 2.05) is 48.7 Å². The number of carbonyl (C=O) groups is 2. The topological polar surface area (TPSA) is 84.0 Å². The van der Waals surface area contributed by atoms with Crippen molar-refractivity contribution >= 4 is 45.9 Å². The third-order valence-corrected chi connectivity index (χ3v) is 5.58. The number of amides is 3. The maximum atomic E-state index is 12.1. The fraction of sp³-hybridized carbons (Fsp3) is 0.263. The summed E-state index contributed by atoms with van der Waals surface area (Å²) >= 11 is 2.87. The molecule has 27 heavy (non-hydrogen) atoms. The summed E-state index contributed by atoms with van der Waals surface area (Å²) in [6, 6.07) is 11.2. The van der Waals surface area contributed by atoms with Gasteiger partial charge in [-0.25, -0.2) is 14.8 Å². The van der Waals surface area contributed by atoms with Gasteiger partial charge in [-0.15, -0.1) is 11.3 Å². The van der Waals surface area contributed by atoms with Crippen LogP contribution in [-0.2, 0) is 4.79 Å². The van der Waals surface area contributed by atoms with Crippen LogP contribution in [-0.4, -0.2) is 34.2 Å². The fourth-order valence-corrected chi connectivity index (χ4v) is 3.87. The number of nitrogens with zero attached hydrogens (tertiary/aromatic N) is 2. The number of imide groups is 1. The van der Waals surface area contributed by atoms with E-state index in [0.29, 0.717) is 12.4 Å². The first kappa shape index (κ1) is 19.3. The van der Waals surface area contributed by atoms with E-state index in [0.717, 1.165) is 33.6 Å². The summed E-state index contributed by atoms with van der Waals surface area (Å²) < 4.78 is 0. The fourth-order valence-electron chi connectivity index (χ4n) is 2.39. The number of urea groups is 1. The quantitative estimate of drug-likeness (QED) is 0.355. The lowest BCUT2D eigenvalue weighted by Crippen LogP contribution is -2.40. The number of hydrogen-bond donors (Lipinski definition) is 2. The molecule has 0 aliphatic carbocycles. The molecule has 0 aliphatic rings. The van der Waals surface area contributed by atoms with Crippen LogP contribution in [0.1, 0.15) is 19.8 Å². The zero-order valence-corrected chi connectivity index (χ0v) is 16.5. The Bertz CT molecular complexity index is 929. The average molecular weight is 401 g/mol. The molecule has 0 atom stereocenters. The number of carbonyl (C=O) groups excluding carboxylic acids is 2. The molecule has 2 heterocycles. The van der Waals surface area contributed by atoms with E-state index in [1.54, 1.807) is 11.3 Å². The van der Waals surface area contributed by atoms with Gasteiger partial charge in [-0.3, -0.25) is 10.1 Å². The van der Waals surface area contributed by atoms with Crippen molar-refractivity contribution in [3.8, 4) is 10.7 Å². The van der Waals surface area contributed by atoms with Crippen LogP contribution in [0, 0.1) is 0 Å². The predicted molar refractivity (Wildman–Crippen MR) is 110 cm³/mol. The van der Waals surface area contributed by atoms with Crippen LogP contribution >= 0.6 is 23.1 Å². The van der Waals surface area contributed by atoms with Crippen molar-refractivity contribution in [2.24, 2.45) is 0 Å². The highest BCUT2D eigenvalue weighted by Crippen LogP contribution is 2.29. The van der Waals surface area contributed by atoms with Crippen LogP contribution in [0.2, 0.25) is 0 Å². The minimum absolute atomic E-state index is 0.103. The molecular formula is C19H20N4O2S2. The lowest BCUT2D eigenvalue weighted by molar-refractivity contribution is -0.117. The first-order valence-corrected chi connectivity index (χ1v) is 10.5. The first-order valence-electron chi connectivity index (χ1n) is 8.68. The molecule has 0 saturated carbocycles. The highest BCUT2D eigenvalue weighted by atomic mass is 32.2. The van der Waals surface area contributed by atoms with Crippen LogP contribution in [0.4, 0.5) is 4.79 Å². The molecule has 2 aromatic heterocycles. The van der Waals surface area contributed by atoms with Crippen LogP contribution in [0.3, 0.4) is 0 Å². The van der Waals surface area contributed by atoms with Crippen molar-refractivity contribution in [1.82, 2.24) is 20.6 Å². The third kappa shape index (κ3) is 5.27. The number of nitrogens with one attached hydrogen (secondary N) is 2. The number of benzene rings is 1. The molecule has 2 N–H and O–H groups in total. The Morgan fingerprint density at radius 3 is 2.78 bits per heavy atom. The van der Waals surface area contributed by atoms with Gasteiger partial charge in [-0.05, 0) is 23.9 Å². The lowest BCUT2D eigenvalue weighted by atomic mass is 10.2. The Balaban J connectivity index is 1.70. The summed E-state index contributed by atoms with van der Waals surface area (Å²) in [7, 11) is 0. The number of thiophene rings is 1. The summed E-state index contributed by atoms with van der Waals surface area (Å²) in [6.45, 7) is 2.60. The molecule has 0 spiro atoms. The molecule has 140 valence electrons. The second-order valence-corrected chi connectivity index (χ2v) is 7.70. The Morgan fingerprint density at radius 2 is 2.00 bits per heavy atom. The number of rotatable bonds is 7. The Labute approximate surface area is 165 Å². The molecule has 3 rings (SSSR count). The number of fused-ring (bicyclic) bond motifs is 1. The van der Waals surface area contributed by atoms with E-state index in [-0.39, 0.29) is 11.7 Å². The molecule has 3 aromatic rings. The molecule has 0 aliphatic heterocycles. The number of hydrogen-bond acceptors (Lipinski definition) is 6. The van der Waals surface area contributed by atoms with E-state index < -0.39 is 6.03 Å². The van der Waals surface area contributed by atoms with E-state index in [4.69, 9.17) is 0 Å². The predicted octanol–water partition coefficient (Wildman–Crippen LogP) is 4.08. The van der Waals surface area contributed by atoms with Gasteiger partial charge in [0.05, 0.1) is 16.1 Å². The van der Waals surface area contributed by atoms with Crippen molar-refractivity contribution in [3.05, 3.63) is 41.8 Å². The van der Waals surface area contributed by atoms with Crippen LogP contribution in [0.15, 0.2) is 46.8 Å². The molecule has 8 heteroatoms. The maximum absolute atomic E-state index is 12.1. The van der Waals surface area contributed by atoms with Crippen LogP contribution in [0.25, 0.3) is 21.6 Å². The van der Waals surface area contributed by atoms with Gasteiger partial charge in [-0.1, -0.05) is 49.4 Å². The summed E-state index contributed by atoms with van der Waals surface area (Å²) in [6.07, 6.45) is 1.87. The molecule has 0 bridgehead atoms. The van der Waals surface area contributed by atoms with Gasteiger partial charge in [0.1, 0.15) is 5.03 Å². The van der Waals surface area contributed by atoms with Crippen molar-refractivity contribution in [1.29, 1.82) is 0 Å². The lowest BCUT2D eigenvalue weighted by Gasteiger charge is -2.08. The van der Waals surface area contributed by atoms with Crippen molar-refractivity contribution in [3.63, 3.8) is 0 Å². The summed E-state index contributed by atoms with van der Waals surface area (Å²) in [5.74, 6) is 0.393. The summed E-state index contributed by atoms with van der Waals surface area (Å²) in [5.41, 5.74) is 0.830. The van der Waals surface area contributed by atoms with Gasteiger partial charge in [0.2, 0.25) is 5.91 Å². The molecule has 0 saturated heterocycles. The molecule has 1 aromatic carbocycles. The van der Waals surface area contributed by atoms with Crippen molar-refractivity contribution in [2.45, 2.75) is 24.8 Å². The minimum Gasteiger partial charge on any atom is -0.338 e. The van der Waals surface area contributed by atoms with Gasteiger partial charge < -0.3 is 5.32 Å². The molecule has 0 fully saturated rings. The average Bonchev–Trinajstić information content (AvgIpc) is 3.21. The van der Waals surface area contributed by atoms with E-state index in [9.17, 15) is 9.59 Å². The van der Waals surface area contributed by atoms with Gasteiger partial charge in [0, 0.05) is 11.9 Å². The maximum Gasteiger partial charge on any atom is 0.321 e. The van der Waals surface area contributed by atoms with E-state index >= 15 is 0 Å². The van der Waals surface area contributed by atoms with Gasteiger partial charge in [-0.2, -0.15) is 0 Å². The van der Waals surface area contributed by atoms with Crippen molar-refractivity contribution < 1.29 is 9.59 Å². The summed E-state index contributed by atoms with van der Waals surface area (Å²) in [5, 5.41) is 8.61. The Morgan fingerprint density at radius 1 is 1.15 bits per heavy atom. The number of thioether (sulfide) groups is 1. The van der Waals surface area contributed by atoms with Crippen LogP contribution < -0.4 is 10.6 Å². The van der Waals surface area contributed by atoms with Gasteiger partial charge in [0.25, 0.3) is 0 Å². The Kier molecular flexibility index (Phi) is 6.78. The van der Waals surface area contributed by atoms with Gasteiger partial charge in [0.15, 0.2) is 5.82 Å². The SMILES string of the molecule is CCCCNC(=O)NC(=O)CSc1nc(-c2cccs2)nc2ccccc12. The standard InChI is InChI=1S/C19H20N4O2S2/c1-2-3-10-20-19(25)22-16(24)12-27-18-13-7-4-5-8-14(13)21-17(23-18)15-9-6-11-26-15/h4-9,11H,2-3,10,12H2,1H3,(H2,20,22,24,25). The third-order valence-electron chi connectivity index (χ3n) is 3.72. The highest BCUT2D eigenvalue weighted by Gasteiger charge is 2.13. The second-order valence-electron chi connectivity index (χ2n) is 5.79. The molecular weight excluding hydrogens is 380 g/mol. The molecule has 0 unspecified atom stereocenters. The van der Waals surface area contributed by atoms with Gasteiger partial charge >= 0.3 is 6.03 Å². The van der Waals surface area contributed by atoms with Crippen molar-refractivity contribution in [2.75, 3.05) is 12.3 Å². The smallest absolute Gasteiger partial charge is 0.321 e. The molecule has 3 amide bonds. The zero-order chi connectivity index (χ0) is 19.1. The monoisotopic (exact) mass is 400 g/mol. The number of aromatic nitrogens is 2. The largest absolute Gasteiger partial charge is 0.338 e. The van der Waals surface area contributed by atoms with E-state index in [2.05, 4.69) is 20.6 Å². The molecule has 0 radical (unpaired) electrons. The zero-order valence-electron chi connectivity index (χ0n) is 14.9. The molecule has 6 nitrogen and oxygen atoms in total. The van der Waals surface area contributed by atoms with Crippen LogP contribution in [0.5, 0.6) is 0 Å². The second kappa shape index (κ2) is 9.48. The number of unbranched alkanes of at least 4 members (excludes halogenated alkanes) is 1. The summed E-state index contributed by atoms with van der Waals surface area (Å²) in [4.78, 5) is 34.0. The number of para-hydroxylation sites is 1. The first-order chi connectivity index (χ1) is 13.2. The normalized spacial score (nSPS) is 10.7.